The highest BCUT2D eigenvalue weighted by Gasteiger charge is 2.23. The minimum atomic E-state index is -1.19. The molecule has 1 aromatic rings. The van der Waals surface area contributed by atoms with E-state index in [4.69, 9.17) is 34.8 Å². The summed E-state index contributed by atoms with van der Waals surface area (Å²) >= 11 is 18.0. The fourth-order valence-corrected chi connectivity index (χ4v) is 2.39. The van der Waals surface area contributed by atoms with Crippen LogP contribution < -0.4 is 5.32 Å². The smallest absolute Gasteiger partial charge is 0.321 e. The number of Topliss-reactive ketones (excluding diaryl/α,β-unsaturated/α-hetero) is 1. The van der Waals surface area contributed by atoms with Gasteiger partial charge < -0.3 is 10.1 Å². The van der Waals surface area contributed by atoms with Crippen LogP contribution in [0.15, 0.2) is 11.1 Å². The zero-order valence-electron chi connectivity index (χ0n) is 12.4. The van der Waals surface area contributed by atoms with Gasteiger partial charge in [-0.3, -0.25) is 19.4 Å². The Morgan fingerprint density at radius 1 is 1.26 bits per heavy atom. The lowest BCUT2D eigenvalue weighted by Gasteiger charge is -2.10. The fraction of sp³-hybridized carbons (Fsp3) is 0.286. The van der Waals surface area contributed by atoms with Crippen LogP contribution in [-0.2, 0) is 14.3 Å². The van der Waals surface area contributed by atoms with Crippen LogP contribution in [0.3, 0.4) is 0 Å². The molecule has 0 aromatic heterocycles. The molecule has 9 heteroatoms. The number of halogens is 3. The molecular weight excluding hydrogens is 367 g/mol. The zero-order chi connectivity index (χ0) is 17.7. The van der Waals surface area contributed by atoms with Gasteiger partial charge in [-0.2, -0.15) is 0 Å². The Morgan fingerprint density at radius 2 is 1.87 bits per heavy atom. The van der Waals surface area contributed by atoms with E-state index < -0.39 is 23.6 Å². The van der Waals surface area contributed by atoms with Crippen molar-refractivity contribution < 1.29 is 19.1 Å². The molecule has 1 rings (SSSR count). The van der Waals surface area contributed by atoms with Crippen LogP contribution in [0.1, 0.15) is 17.3 Å². The summed E-state index contributed by atoms with van der Waals surface area (Å²) in [6.07, 6.45) is 1.08. The number of ketones is 1. The van der Waals surface area contributed by atoms with Gasteiger partial charge >= 0.3 is 5.97 Å². The lowest BCUT2D eigenvalue weighted by atomic mass is 10.1. The van der Waals surface area contributed by atoms with Crippen LogP contribution in [0.5, 0.6) is 0 Å². The third-order valence-electron chi connectivity index (χ3n) is 2.85. The maximum absolute atomic E-state index is 11.8. The number of benzene rings is 1. The summed E-state index contributed by atoms with van der Waals surface area (Å²) in [5, 5.41) is 2.36. The van der Waals surface area contributed by atoms with Crippen molar-refractivity contribution in [3.63, 3.8) is 0 Å². The topological polar surface area (TPSA) is 84.8 Å². The van der Waals surface area contributed by atoms with Crippen LogP contribution in [-0.4, -0.2) is 38.0 Å². The molecule has 1 aromatic carbocycles. The fourth-order valence-electron chi connectivity index (χ4n) is 1.62. The first-order valence-electron chi connectivity index (χ1n) is 6.26. The predicted molar refractivity (Wildman–Crippen MR) is 89.2 cm³/mol. The zero-order valence-corrected chi connectivity index (χ0v) is 14.7. The maximum Gasteiger partial charge on any atom is 0.321 e. The number of hydrogen-bond donors (Lipinski definition) is 1. The molecule has 0 heterocycles. The highest BCUT2D eigenvalue weighted by Crippen LogP contribution is 2.38. The van der Waals surface area contributed by atoms with Crippen molar-refractivity contribution in [3.8, 4) is 0 Å². The molecule has 1 atom stereocenters. The number of hydrogen-bond acceptors (Lipinski definition) is 5. The second kappa shape index (κ2) is 8.29. The van der Waals surface area contributed by atoms with E-state index >= 15 is 0 Å². The number of esters is 1. The van der Waals surface area contributed by atoms with E-state index in [1.54, 1.807) is 0 Å². The molecular formula is C14H13Cl3N2O4. The van der Waals surface area contributed by atoms with E-state index in [9.17, 15) is 14.4 Å². The van der Waals surface area contributed by atoms with Crippen LogP contribution in [0.2, 0.25) is 15.1 Å². The summed E-state index contributed by atoms with van der Waals surface area (Å²) in [5.74, 6) is -2.95. The summed E-state index contributed by atoms with van der Waals surface area (Å²) in [4.78, 5) is 38.8. The molecule has 1 N–H and O–H groups in total. The van der Waals surface area contributed by atoms with Crippen molar-refractivity contribution in [1.29, 1.82) is 0 Å². The van der Waals surface area contributed by atoms with Gasteiger partial charge in [0.25, 0.3) is 5.91 Å². The molecule has 23 heavy (non-hydrogen) atoms. The predicted octanol–water partition coefficient (Wildman–Crippen LogP) is 3.09. The van der Waals surface area contributed by atoms with Gasteiger partial charge in [-0.05, 0) is 13.0 Å². The Morgan fingerprint density at radius 3 is 2.35 bits per heavy atom. The van der Waals surface area contributed by atoms with E-state index in [1.807, 2.05) is 0 Å². The second-order valence-corrected chi connectivity index (χ2v) is 5.51. The minimum absolute atomic E-state index is 0.0222. The Hall–Kier alpha value is -1.63. The minimum Gasteiger partial charge on any atom is -0.468 e. The molecule has 0 saturated carbocycles. The summed E-state index contributed by atoms with van der Waals surface area (Å²) < 4.78 is 4.52. The molecule has 6 nitrogen and oxygen atoms in total. The maximum atomic E-state index is 11.8. The third-order valence-corrected chi connectivity index (χ3v) is 4.02. The molecule has 0 aliphatic heterocycles. The molecule has 1 unspecified atom stereocenters. The Bertz CT molecular complexity index is 689. The standard InChI is InChI=1S/C14H13Cl3N2O4/c1-6(20)7(14(22)23-3)5-19-9-4-8(15)11(16)10(12(9)17)13(21)18-2/h4-5,7H,1-3H3,(H,18,21). The monoisotopic (exact) mass is 378 g/mol. The van der Waals surface area contributed by atoms with E-state index in [-0.39, 0.29) is 26.3 Å². The molecule has 124 valence electrons. The van der Waals surface area contributed by atoms with Crippen LogP contribution in [0.4, 0.5) is 5.69 Å². The number of methoxy groups -OCH3 is 1. The quantitative estimate of drug-likeness (QED) is 0.369. The lowest BCUT2D eigenvalue weighted by Crippen LogP contribution is -2.24. The second-order valence-electron chi connectivity index (χ2n) is 4.35. The van der Waals surface area contributed by atoms with E-state index in [1.165, 1.54) is 20.0 Å². The molecule has 0 spiro atoms. The van der Waals surface area contributed by atoms with E-state index in [0.29, 0.717) is 0 Å². The molecule has 0 bridgehead atoms. The van der Waals surface area contributed by atoms with Gasteiger partial charge in [0, 0.05) is 13.3 Å². The van der Waals surface area contributed by atoms with E-state index in [2.05, 4.69) is 15.0 Å². The normalized spacial score (nSPS) is 12.1. The molecule has 1 amide bonds. The van der Waals surface area contributed by atoms with Crippen LogP contribution in [0.25, 0.3) is 0 Å². The average Bonchev–Trinajstić information content (AvgIpc) is 2.51. The molecule has 0 aliphatic rings. The number of aliphatic imine (C=N–C) groups is 1. The SMILES string of the molecule is CNC(=O)c1c(Cl)c(Cl)cc(N=CC(C(C)=O)C(=O)OC)c1Cl. The number of ether oxygens (including phenoxy) is 1. The number of rotatable bonds is 5. The van der Waals surface area contributed by atoms with Gasteiger partial charge in [-0.25, -0.2) is 0 Å². The van der Waals surface area contributed by atoms with Gasteiger partial charge in [0.1, 0.15) is 5.78 Å². The van der Waals surface area contributed by atoms with Crippen LogP contribution >= 0.6 is 34.8 Å². The number of carbonyl (C=O) groups is 3. The van der Waals surface area contributed by atoms with Gasteiger partial charge in [-0.15, -0.1) is 0 Å². The lowest BCUT2D eigenvalue weighted by molar-refractivity contribution is -0.145. The van der Waals surface area contributed by atoms with E-state index in [0.717, 1.165) is 13.3 Å². The highest BCUT2D eigenvalue weighted by atomic mass is 35.5. The van der Waals surface area contributed by atoms with Crippen molar-refractivity contribution in [2.75, 3.05) is 14.2 Å². The molecule has 0 saturated heterocycles. The Kier molecular flexibility index (Phi) is 7.00. The number of carbonyl (C=O) groups excluding carboxylic acids is 3. The van der Waals surface area contributed by atoms with Crippen LogP contribution in [0, 0.1) is 5.92 Å². The first kappa shape index (κ1) is 19.4. The molecule has 0 aliphatic carbocycles. The number of amides is 1. The Balaban J connectivity index is 3.36. The summed E-state index contributed by atoms with van der Waals surface area (Å²) in [7, 11) is 2.56. The van der Waals surface area contributed by atoms with Crippen molar-refractivity contribution in [2.24, 2.45) is 10.9 Å². The van der Waals surface area contributed by atoms with Crippen molar-refractivity contribution in [2.45, 2.75) is 6.92 Å². The van der Waals surface area contributed by atoms with Crippen molar-refractivity contribution in [1.82, 2.24) is 5.32 Å². The van der Waals surface area contributed by atoms with Gasteiger partial charge in [-0.1, -0.05) is 34.8 Å². The summed E-state index contributed by atoms with van der Waals surface area (Å²) in [6, 6.07) is 1.32. The summed E-state index contributed by atoms with van der Waals surface area (Å²) in [6.45, 7) is 1.22. The number of nitrogens with zero attached hydrogens (tertiary/aromatic N) is 1. The van der Waals surface area contributed by atoms with Gasteiger partial charge in [0.05, 0.1) is 33.4 Å². The van der Waals surface area contributed by atoms with Gasteiger partial charge in [0.15, 0.2) is 5.92 Å². The third kappa shape index (κ3) is 4.43. The molecule has 0 radical (unpaired) electrons. The van der Waals surface area contributed by atoms with Gasteiger partial charge in [0.2, 0.25) is 0 Å². The first-order chi connectivity index (χ1) is 10.7. The number of nitrogens with one attached hydrogen (secondary N) is 1. The average molecular weight is 380 g/mol. The van der Waals surface area contributed by atoms with Crippen molar-refractivity contribution >= 4 is 64.4 Å². The highest BCUT2D eigenvalue weighted by molar-refractivity contribution is 6.47. The largest absolute Gasteiger partial charge is 0.468 e. The summed E-state index contributed by atoms with van der Waals surface area (Å²) in [5.41, 5.74) is 0.0442. The first-order valence-corrected chi connectivity index (χ1v) is 7.40. The van der Waals surface area contributed by atoms with Crippen molar-refractivity contribution in [3.05, 3.63) is 26.7 Å². The Labute approximate surface area is 147 Å². The molecule has 0 fully saturated rings.